The molecule has 282 valence electrons. The van der Waals surface area contributed by atoms with Gasteiger partial charge in [-0.2, -0.15) is 0 Å². The van der Waals surface area contributed by atoms with Crippen LogP contribution in [0.1, 0.15) is 200 Å². The smallest absolute Gasteiger partial charge is 0.186 e. The van der Waals surface area contributed by atoms with Gasteiger partial charge in [0.1, 0.15) is 6.54 Å². The minimum absolute atomic E-state index is 0.0388. The van der Waals surface area contributed by atoms with Crippen LogP contribution in [0.2, 0.25) is 0 Å². The predicted octanol–water partition coefficient (Wildman–Crippen LogP) is 11.4. The molecule has 0 fully saturated rings. The zero-order chi connectivity index (χ0) is 35.6. The van der Waals surface area contributed by atoms with Crippen molar-refractivity contribution < 1.29 is 24.3 Å². The van der Waals surface area contributed by atoms with E-state index in [9.17, 15) is 19.8 Å². The van der Waals surface area contributed by atoms with Crippen molar-refractivity contribution in [3.8, 4) is 0 Å². The number of aliphatic hydroxyl groups is 2. The van der Waals surface area contributed by atoms with E-state index in [0.29, 0.717) is 17.6 Å². The molecule has 0 rings (SSSR count). The highest BCUT2D eigenvalue weighted by atomic mass is 16.3. The lowest BCUT2D eigenvalue weighted by Crippen LogP contribution is -2.52. The van der Waals surface area contributed by atoms with Crippen LogP contribution in [0, 0.1) is 0 Å². The Labute approximate surface area is 299 Å². The SMILES string of the molecule is CCCCCCCC/C=C\CCCCCCCC(=O)C(O)(CC[N+](C)(C)CCO)C(=O)CCCCCCC/C=C\CCCCCCCC. The van der Waals surface area contributed by atoms with Gasteiger partial charge in [-0.25, -0.2) is 0 Å². The molecule has 0 aliphatic rings. The van der Waals surface area contributed by atoms with E-state index in [1.807, 2.05) is 14.1 Å². The number of carbonyl (C=O) groups is 2. The molecule has 5 nitrogen and oxygen atoms in total. The average Bonchev–Trinajstić information content (AvgIpc) is 3.06. The molecule has 0 heterocycles. The van der Waals surface area contributed by atoms with Gasteiger partial charge in [0.05, 0.1) is 27.2 Å². The van der Waals surface area contributed by atoms with Crippen LogP contribution in [0.3, 0.4) is 0 Å². The van der Waals surface area contributed by atoms with E-state index in [1.165, 1.54) is 103 Å². The normalized spacial score (nSPS) is 12.5. The fourth-order valence-electron chi connectivity index (χ4n) is 6.41. The van der Waals surface area contributed by atoms with Gasteiger partial charge in [0.25, 0.3) is 0 Å². The Balaban J connectivity index is 4.36. The number of unbranched alkanes of at least 4 members (excludes halogenated alkanes) is 22. The second kappa shape index (κ2) is 32.9. The second-order valence-corrected chi connectivity index (χ2v) is 15.2. The highest BCUT2D eigenvalue weighted by Gasteiger charge is 2.43. The Morgan fingerprint density at radius 3 is 1.15 bits per heavy atom. The van der Waals surface area contributed by atoms with Crippen LogP contribution in [0.25, 0.3) is 0 Å². The van der Waals surface area contributed by atoms with E-state index < -0.39 is 5.60 Å². The maximum atomic E-state index is 13.3. The molecular weight excluding hydrogens is 594 g/mol. The summed E-state index contributed by atoms with van der Waals surface area (Å²) in [7, 11) is 3.94. The summed E-state index contributed by atoms with van der Waals surface area (Å²) < 4.78 is 0.472. The van der Waals surface area contributed by atoms with Crippen LogP contribution in [-0.4, -0.2) is 65.7 Å². The lowest BCUT2D eigenvalue weighted by Gasteiger charge is -2.33. The van der Waals surface area contributed by atoms with E-state index in [4.69, 9.17) is 0 Å². The van der Waals surface area contributed by atoms with Crippen molar-refractivity contribution in [1.29, 1.82) is 0 Å². The highest BCUT2D eigenvalue weighted by Crippen LogP contribution is 2.23. The van der Waals surface area contributed by atoms with Gasteiger partial charge in [-0.3, -0.25) is 9.59 Å². The first-order valence-corrected chi connectivity index (χ1v) is 20.7. The largest absolute Gasteiger partial charge is 0.391 e. The molecule has 0 atom stereocenters. The average molecular weight is 677 g/mol. The Morgan fingerprint density at radius 2 is 0.812 bits per heavy atom. The van der Waals surface area contributed by atoms with Crippen LogP contribution in [-0.2, 0) is 9.59 Å². The van der Waals surface area contributed by atoms with Crippen LogP contribution >= 0.6 is 0 Å². The molecule has 0 bridgehead atoms. The number of likely N-dealkylation sites (N-methyl/N-ethyl adjacent to an activating group) is 1. The van der Waals surface area contributed by atoms with Crippen molar-refractivity contribution >= 4 is 11.6 Å². The number of Topliss-reactive ketones (excluding diaryl/α,β-unsaturated/α-hetero) is 2. The minimum Gasteiger partial charge on any atom is -0.391 e. The molecule has 0 unspecified atom stereocenters. The van der Waals surface area contributed by atoms with Crippen LogP contribution in [0.5, 0.6) is 0 Å². The molecule has 0 aliphatic carbocycles. The van der Waals surface area contributed by atoms with Gasteiger partial charge in [0.2, 0.25) is 0 Å². The van der Waals surface area contributed by atoms with E-state index in [1.54, 1.807) is 0 Å². The number of hydrogen-bond acceptors (Lipinski definition) is 4. The number of nitrogens with zero attached hydrogens (tertiary/aromatic N) is 1. The van der Waals surface area contributed by atoms with Crippen molar-refractivity contribution in [2.24, 2.45) is 0 Å². The van der Waals surface area contributed by atoms with Crippen molar-refractivity contribution in [2.75, 3.05) is 33.8 Å². The van der Waals surface area contributed by atoms with Crippen LogP contribution < -0.4 is 0 Å². The third-order valence-electron chi connectivity index (χ3n) is 10.0. The van der Waals surface area contributed by atoms with Crippen molar-refractivity contribution in [3.63, 3.8) is 0 Å². The monoisotopic (exact) mass is 677 g/mol. The quantitative estimate of drug-likeness (QED) is 0.0297. The zero-order valence-corrected chi connectivity index (χ0v) is 32.6. The number of ketones is 2. The Kier molecular flexibility index (Phi) is 32.0. The highest BCUT2D eigenvalue weighted by molar-refractivity contribution is 6.10. The molecule has 0 aromatic carbocycles. The maximum absolute atomic E-state index is 13.3. The van der Waals surface area contributed by atoms with E-state index in [-0.39, 0.29) is 37.4 Å². The zero-order valence-electron chi connectivity index (χ0n) is 32.6. The van der Waals surface area contributed by atoms with Gasteiger partial charge < -0.3 is 14.7 Å². The number of aliphatic hydroxyl groups excluding tert-OH is 1. The summed E-state index contributed by atoms with van der Waals surface area (Å²) in [4.78, 5) is 26.7. The molecule has 0 saturated carbocycles. The molecule has 2 N–H and O–H groups in total. The topological polar surface area (TPSA) is 74.6 Å². The first kappa shape index (κ1) is 46.7. The molecule has 0 saturated heterocycles. The van der Waals surface area contributed by atoms with E-state index in [2.05, 4.69) is 38.2 Å². The first-order chi connectivity index (χ1) is 23.2. The third kappa shape index (κ3) is 27.5. The molecule has 5 heteroatoms. The van der Waals surface area contributed by atoms with Gasteiger partial charge in [-0.15, -0.1) is 0 Å². The van der Waals surface area contributed by atoms with Gasteiger partial charge >= 0.3 is 0 Å². The number of hydrogen-bond donors (Lipinski definition) is 2. The summed E-state index contributed by atoms with van der Waals surface area (Å²) in [6.07, 6.45) is 41.0. The summed E-state index contributed by atoms with van der Waals surface area (Å²) >= 11 is 0. The van der Waals surface area contributed by atoms with Crippen molar-refractivity contribution in [2.45, 2.75) is 206 Å². The number of quaternary nitrogens is 1. The number of carbonyl (C=O) groups excluding carboxylic acids is 2. The summed E-state index contributed by atoms with van der Waals surface area (Å²) in [5.41, 5.74) is -1.90. The van der Waals surface area contributed by atoms with Gasteiger partial charge in [-0.05, 0) is 64.2 Å². The van der Waals surface area contributed by atoms with E-state index >= 15 is 0 Å². The molecule has 0 aliphatic heterocycles. The molecule has 0 spiro atoms. The predicted molar refractivity (Wildman–Crippen MR) is 207 cm³/mol. The minimum atomic E-state index is -1.90. The summed E-state index contributed by atoms with van der Waals surface area (Å²) in [5.74, 6) is -0.608. The van der Waals surface area contributed by atoms with Gasteiger partial charge in [0.15, 0.2) is 17.2 Å². The fourth-order valence-corrected chi connectivity index (χ4v) is 6.41. The molecule has 0 aromatic heterocycles. The summed E-state index contributed by atoms with van der Waals surface area (Å²) in [6, 6.07) is 0. The summed E-state index contributed by atoms with van der Waals surface area (Å²) in [5, 5.41) is 21.0. The Morgan fingerprint density at radius 1 is 0.500 bits per heavy atom. The second-order valence-electron chi connectivity index (χ2n) is 15.2. The lowest BCUT2D eigenvalue weighted by molar-refractivity contribution is -0.891. The van der Waals surface area contributed by atoms with E-state index in [0.717, 1.165) is 64.2 Å². The maximum Gasteiger partial charge on any atom is 0.186 e. The summed E-state index contributed by atoms with van der Waals surface area (Å²) in [6.45, 7) is 5.57. The van der Waals surface area contributed by atoms with Crippen LogP contribution in [0.15, 0.2) is 24.3 Å². The number of allylic oxidation sites excluding steroid dienone is 4. The molecule has 0 amide bonds. The van der Waals surface area contributed by atoms with Crippen LogP contribution in [0.4, 0.5) is 0 Å². The number of rotatable bonds is 37. The Hall–Kier alpha value is -1.30. The van der Waals surface area contributed by atoms with Gasteiger partial charge in [0, 0.05) is 19.3 Å². The molecule has 0 radical (unpaired) electrons. The Bertz CT molecular complexity index is 751. The molecule has 48 heavy (non-hydrogen) atoms. The first-order valence-electron chi connectivity index (χ1n) is 20.7. The molecular formula is C43H82NO4+. The lowest BCUT2D eigenvalue weighted by atomic mass is 9.84. The van der Waals surface area contributed by atoms with Gasteiger partial charge in [-0.1, -0.05) is 141 Å². The molecule has 0 aromatic rings. The fraction of sp³-hybridized carbons (Fsp3) is 0.860. The standard InChI is InChI=1S/C43H82NO4/c1-5-7-9-11-13-15-17-19-21-23-25-27-29-31-33-35-41(46)43(48,37-38-44(3,4)39-40-45)42(47)36-34-32-30-28-26-24-22-20-18-16-14-12-10-8-6-2/h19-22,45,48H,5-18,23-40H2,1-4H3/q+1/b21-19-,22-20-. The third-order valence-corrected chi connectivity index (χ3v) is 10.0. The van der Waals surface area contributed by atoms with Crippen molar-refractivity contribution in [3.05, 3.63) is 24.3 Å². The van der Waals surface area contributed by atoms with Crippen molar-refractivity contribution in [1.82, 2.24) is 0 Å².